The first-order valence-corrected chi connectivity index (χ1v) is 14.4. The van der Waals surface area contributed by atoms with Crippen molar-refractivity contribution >= 4 is 11.9 Å². The van der Waals surface area contributed by atoms with Crippen LogP contribution in [0.25, 0.3) is 0 Å². The lowest BCUT2D eigenvalue weighted by atomic mass is 9.51. The second-order valence-electron chi connectivity index (χ2n) is 11.9. The van der Waals surface area contributed by atoms with Crippen molar-refractivity contribution in [1.29, 1.82) is 0 Å². The molecule has 35 heavy (non-hydrogen) atoms. The van der Waals surface area contributed by atoms with Crippen molar-refractivity contribution in [2.45, 2.75) is 155 Å². The Kier molecular flexibility index (Phi) is 9.53. The molecule has 2 fully saturated rings. The van der Waals surface area contributed by atoms with E-state index in [2.05, 4.69) is 66.0 Å². The first-order valence-electron chi connectivity index (χ1n) is 14.4. The molecule has 6 heteroatoms. The van der Waals surface area contributed by atoms with E-state index in [1.54, 1.807) is 0 Å². The lowest BCUT2D eigenvalue weighted by Gasteiger charge is -2.62. The smallest absolute Gasteiger partial charge is 0.0553 e. The third-order valence-electron chi connectivity index (χ3n) is 11.0. The van der Waals surface area contributed by atoms with Crippen LogP contribution in [-0.4, -0.2) is 34.1 Å². The molecule has 2 heterocycles. The molecular formula is C29H52N2O4-2. The summed E-state index contributed by atoms with van der Waals surface area (Å²) in [6, 6.07) is 0. The van der Waals surface area contributed by atoms with Gasteiger partial charge in [-0.2, -0.15) is 0 Å². The SMILES string of the molecule is CCC1(CC)CC(C(C(=O)[O-])(C(=O)[O-])C2CC(CC)(CC)NC(CC)(CC)C2)CC(CC)(CC)N1. The fourth-order valence-electron chi connectivity index (χ4n) is 7.95. The van der Waals surface area contributed by atoms with Crippen LogP contribution in [0.4, 0.5) is 0 Å². The third kappa shape index (κ3) is 5.03. The van der Waals surface area contributed by atoms with Gasteiger partial charge in [0.2, 0.25) is 0 Å². The third-order valence-corrected chi connectivity index (χ3v) is 11.0. The molecule has 0 aliphatic carbocycles. The van der Waals surface area contributed by atoms with Gasteiger partial charge in [-0.05, 0) is 88.9 Å². The average molecular weight is 493 g/mol. The minimum absolute atomic E-state index is 0.294. The highest BCUT2D eigenvalue weighted by Crippen LogP contribution is 2.55. The molecular weight excluding hydrogens is 440 g/mol. The fraction of sp³-hybridized carbons (Fsp3) is 0.931. The van der Waals surface area contributed by atoms with Crippen molar-refractivity contribution in [3.8, 4) is 0 Å². The Morgan fingerprint density at radius 1 is 0.571 bits per heavy atom. The normalized spacial score (nSPS) is 24.2. The van der Waals surface area contributed by atoms with Gasteiger partial charge in [0.15, 0.2) is 0 Å². The van der Waals surface area contributed by atoms with Gasteiger partial charge in [0.1, 0.15) is 0 Å². The molecule has 6 nitrogen and oxygen atoms in total. The zero-order valence-corrected chi connectivity index (χ0v) is 23.8. The van der Waals surface area contributed by atoms with Crippen molar-refractivity contribution < 1.29 is 19.8 Å². The number of carboxylic acid groups (broad SMARTS) is 2. The standard InChI is InChI=1S/C29H54N2O4/c1-9-25(10-2)17-21(18-26(11-3,12-4)30-25)29(23(32)33,24(34)35)22-19-27(13-5,14-6)31-28(15-7,16-8)20-22/h21-22,30-31H,9-20H2,1-8H3,(H,32,33)(H,34,35)/p-2. The van der Waals surface area contributed by atoms with Crippen LogP contribution in [0.2, 0.25) is 0 Å². The van der Waals surface area contributed by atoms with Crippen LogP contribution in [0.3, 0.4) is 0 Å². The van der Waals surface area contributed by atoms with Gasteiger partial charge in [0.25, 0.3) is 0 Å². The minimum Gasteiger partial charge on any atom is -0.549 e. The molecule has 0 saturated carbocycles. The second-order valence-corrected chi connectivity index (χ2v) is 11.9. The Bertz CT molecular complexity index is 631. The van der Waals surface area contributed by atoms with Crippen LogP contribution in [0, 0.1) is 17.3 Å². The van der Waals surface area contributed by atoms with Crippen LogP contribution in [0.1, 0.15) is 132 Å². The molecule has 204 valence electrons. The number of carbonyl (C=O) groups is 2. The van der Waals surface area contributed by atoms with Gasteiger partial charge in [-0.15, -0.1) is 0 Å². The lowest BCUT2D eigenvalue weighted by molar-refractivity contribution is -0.354. The summed E-state index contributed by atoms with van der Waals surface area (Å²) in [7, 11) is 0. The van der Waals surface area contributed by atoms with E-state index in [0.29, 0.717) is 25.7 Å². The highest BCUT2D eigenvalue weighted by atomic mass is 16.4. The molecule has 0 bridgehead atoms. The average Bonchev–Trinajstić information content (AvgIpc) is 2.87. The van der Waals surface area contributed by atoms with Crippen molar-refractivity contribution in [3.05, 3.63) is 0 Å². The van der Waals surface area contributed by atoms with Gasteiger partial charge >= 0.3 is 0 Å². The van der Waals surface area contributed by atoms with Crippen molar-refractivity contribution in [2.75, 3.05) is 0 Å². The van der Waals surface area contributed by atoms with Gasteiger partial charge in [-0.25, -0.2) is 0 Å². The van der Waals surface area contributed by atoms with Gasteiger partial charge in [0.05, 0.1) is 17.4 Å². The number of aliphatic carboxylic acids is 2. The lowest BCUT2D eigenvalue weighted by Crippen LogP contribution is -2.72. The van der Waals surface area contributed by atoms with E-state index in [-0.39, 0.29) is 22.2 Å². The summed E-state index contributed by atoms with van der Waals surface area (Å²) in [5.74, 6) is -3.97. The van der Waals surface area contributed by atoms with Crippen LogP contribution in [0.5, 0.6) is 0 Å². The number of piperidine rings is 2. The largest absolute Gasteiger partial charge is 0.549 e. The number of hydrogen-bond acceptors (Lipinski definition) is 6. The van der Waals surface area contributed by atoms with E-state index < -0.39 is 29.2 Å². The predicted octanol–water partition coefficient (Wildman–Crippen LogP) is 3.71. The summed E-state index contributed by atoms with van der Waals surface area (Å²) >= 11 is 0. The maximum atomic E-state index is 13.2. The zero-order chi connectivity index (χ0) is 26.7. The summed E-state index contributed by atoms with van der Waals surface area (Å²) in [5.41, 5.74) is -3.19. The predicted molar refractivity (Wildman–Crippen MR) is 137 cm³/mol. The Morgan fingerprint density at radius 2 is 0.771 bits per heavy atom. The highest BCUT2D eigenvalue weighted by Gasteiger charge is 2.59. The molecule has 2 N–H and O–H groups in total. The molecule has 0 radical (unpaired) electrons. The molecule has 2 rings (SSSR count). The van der Waals surface area contributed by atoms with E-state index >= 15 is 0 Å². The van der Waals surface area contributed by atoms with Gasteiger partial charge < -0.3 is 30.4 Å². The van der Waals surface area contributed by atoms with E-state index in [1.807, 2.05) is 0 Å². The van der Waals surface area contributed by atoms with Crippen LogP contribution in [-0.2, 0) is 9.59 Å². The second kappa shape index (κ2) is 11.1. The molecule has 2 aliphatic heterocycles. The van der Waals surface area contributed by atoms with E-state index in [0.717, 1.165) is 51.4 Å². The maximum absolute atomic E-state index is 13.2. The van der Waals surface area contributed by atoms with Gasteiger partial charge in [-0.1, -0.05) is 55.4 Å². The summed E-state index contributed by atoms with van der Waals surface area (Å²) in [6.07, 6.45) is 8.67. The molecule has 0 spiro atoms. The summed E-state index contributed by atoms with van der Waals surface area (Å²) in [4.78, 5) is 26.5. The Labute approximate surface area is 214 Å². The highest BCUT2D eigenvalue weighted by molar-refractivity contribution is 5.97. The first-order chi connectivity index (χ1) is 16.4. The van der Waals surface area contributed by atoms with Gasteiger partial charge in [0, 0.05) is 22.2 Å². The zero-order valence-electron chi connectivity index (χ0n) is 23.8. The van der Waals surface area contributed by atoms with E-state index in [4.69, 9.17) is 0 Å². The van der Waals surface area contributed by atoms with Crippen LogP contribution < -0.4 is 20.8 Å². The van der Waals surface area contributed by atoms with E-state index in [1.165, 1.54) is 0 Å². The molecule has 0 aromatic rings. The van der Waals surface area contributed by atoms with Crippen molar-refractivity contribution in [1.82, 2.24) is 10.6 Å². The molecule has 0 amide bonds. The molecule has 0 aromatic heterocycles. The summed E-state index contributed by atoms with van der Waals surface area (Å²) in [6.45, 7) is 17.0. The molecule has 0 atom stereocenters. The Morgan fingerprint density at radius 3 is 0.914 bits per heavy atom. The maximum Gasteiger partial charge on any atom is 0.0553 e. The number of nitrogens with one attached hydrogen (secondary N) is 2. The van der Waals surface area contributed by atoms with Crippen molar-refractivity contribution in [2.24, 2.45) is 17.3 Å². The molecule has 0 aromatic carbocycles. The van der Waals surface area contributed by atoms with Crippen LogP contribution >= 0.6 is 0 Å². The van der Waals surface area contributed by atoms with E-state index in [9.17, 15) is 19.8 Å². The monoisotopic (exact) mass is 492 g/mol. The Hall–Kier alpha value is -1.14. The first kappa shape index (κ1) is 30.1. The summed E-state index contributed by atoms with van der Waals surface area (Å²) in [5, 5.41) is 34.3. The topological polar surface area (TPSA) is 104 Å². The number of hydrogen-bond donors (Lipinski definition) is 2. The molecule has 2 aliphatic rings. The Balaban J connectivity index is 2.78. The minimum atomic E-state index is -2.01. The van der Waals surface area contributed by atoms with Crippen LogP contribution in [0.15, 0.2) is 0 Å². The number of carboxylic acids is 2. The summed E-state index contributed by atoms with van der Waals surface area (Å²) < 4.78 is 0. The number of carbonyl (C=O) groups excluding carboxylic acids is 2. The fourth-order valence-corrected chi connectivity index (χ4v) is 7.95. The molecule has 0 unspecified atom stereocenters. The van der Waals surface area contributed by atoms with Crippen molar-refractivity contribution in [3.63, 3.8) is 0 Å². The number of rotatable bonds is 12. The van der Waals surface area contributed by atoms with Gasteiger partial charge in [-0.3, -0.25) is 0 Å². The molecule has 2 saturated heterocycles. The quantitative estimate of drug-likeness (QED) is 0.403.